The van der Waals surface area contributed by atoms with Gasteiger partial charge in [0.2, 0.25) is 5.91 Å². The Hall–Kier alpha value is -3.13. The van der Waals surface area contributed by atoms with Crippen LogP contribution in [0.1, 0.15) is 18.5 Å². The van der Waals surface area contributed by atoms with Gasteiger partial charge in [0.05, 0.1) is 17.5 Å². The lowest BCUT2D eigenvalue weighted by atomic mass is 10.1. The third-order valence-corrected chi connectivity index (χ3v) is 5.44. The van der Waals surface area contributed by atoms with E-state index in [1.165, 1.54) is 18.1 Å². The van der Waals surface area contributed by atoms with Crippen molar-refractivity contribution in [3.63, 3.8) is 0 Å². The fourth-order valence-electron chi connectivity index (χ4n) is 2.82. The van der Waals surface area contributed by atoms with Gasteiger partial charge in [0.25, 0.3) is 5.22 Å². The van der Waals surface area contributed by atoms with Crippen LogP contribution in [0.3, 0.4) is 0 Å². The maximum Gasteiger partial charge on any atom is 0.257 e. The minimum Gasteiger partial charge on any atom is -0.431 e. The molecule has 0 bridgehead atoms. The van der Waals surface area contributed by atoms with Crippen molar-refractivity contribution in [2.45, 2.75) is 18.2 Å². The molecule has 142 valence electrons. The number of fused-ring (bicyclic) bond motifs is 1. The topological polar surface area (TPSA) is 77.1 Å². The van der Waals surface area contributed by atoms with Crippen LogP contribution in [0.25, 0.3) is 16.8 Å². The van der Waals surface area contributed by atoms with Crippen LogP contribution in [-0.2, 0) is 4.79 Å². The first kappa shape index (κ1) is 18.2. The summed E-state index contributed by atoms with van der Waals surface area (Å²) in [5.74, 6) is 0.283. The number of carbonyl (C=O) groups excluding carboxylic acids is 1. The molecule has 4 aromatic rings. The molecule has 0 unspecified atom stereocenters. The Morgan fingerprint density at radius 2 is 2.00 bits per heavy atom. The highest BCUT2D eigenvalue weighted by molar-refractivity contribution is 7.99. The van der Waals surface area contributed by atoms with Crippen LogP contribution >= 0.6 is 11.8 Å². The number of amides is 1. The minimum absolute atomic E-state index is 0.0140. The first-order valence-corrected chi connectivity index (χ1v) is 9.79. The van der Waals surface area contributed by atoms with Gasteiger partial charge in [-0.1, -0.05) is 36.0 Å². The van der Waals surface area contributed by atoms with E-state index >= 15 is 0 Å². The van der Waals surface area contributed by atoms with Crippen molar-refractivity contribution < 1.29 is 9.21 Å². The maximum absolute atomic E-state index is 12.6. The highest BCUT2D eigenvalue weighted by Crippen LogP contribution is 2.25. The fourth-order valence-corrected chi connectivity index (χ4v) is 3.59. The molecule has 2 aromatic heterocycles. The Bertz CT molecular complexity index is 1040. The third kappa shape index (κ3) is 3.77. The zero-order valence-corrected chi connectivity index (χ0v) is 16.3. The normalized spacial score (nSPS) is 12.2. The van der Waals surface area contributed by atoms with Gasteiger partial charge in [0.1, 0.15) is 18.2 Å². The predicted molar refractivity (Wildman–Crippen MR) is 107 cm³/mol. The molecule has 1 amide bonds. The van der Waals surface area contributed by atoms with Crippen LogP contribution in [0.2, 0.25) is 0 Å². The van der Waals surface area contributed by atoms with E-state index in [1.807, 2.05) is 62.5 Å². The van der Waals surface area contributed by atoms with E-state index in [0.717, 1.165) is 22.4 Å². The Balaban J connectivity index is 1.38. The minimum atomic E-state index is -0.0541. The smallest absolute Gasteiger partial charge is 0.257 e. The summed E-state index contributed by atoms with van der Waals surface area (Å²) < 4.78 is 7.35. The molecular formula is C20H19N5O2S. The highest BCUT2D eigenvalue weighted by atomic mass is 32.2. The first-order chi connectivity index (χ1) is 13.6. The Morgan fingerprint density at radius 3 is 2.71 bits per heavy atom. The van der Waals surface area contributed by atoms with Gasteiger partial charge in [-0.3, -0.25) is 4.79 Å². The number of oxazole rings is 1. The second kappa shape index (κ2) is 7.85. The first-order valence-electron chi connectivity index (χ1n) is 8.81. The van der Waals surface area contributed by atoms with Crippen molar-refractivity contribution in [3.05, 3.63) is 66.7 Å². The summed E-state index contributed by atoms with van der Waals surface area (Å²) in [4.78, 5) is 22.7. The molecule has 28 heavy (non-hydrogen) atoms. The molecule has 0 aliphatic carbocycles. The molecule has 2 aromatic carbocycles. The van der Waals surface area contributed by atoms with Crippen LogP contribution in [0.15, 0.2) is 70.8 Å². The van der Waals surface area contributed by atoms with Crippen molar-refractivity contribution >= 4 is 28.8 Å². The lowest BCUT2D eigenvalue weighted by molar-refractivity contribution is -0.128. The van der Waals surface area contributed by atoms with Crippen molar-refractivity contribution in [2.75, 3.05) is 12.8 Å². The average molecular weight is 393 g/mol. The lowest BCUT2D eigenvalue weighted by Crippen LogP contribution is -2.31. The van der Waals surface area contributed by atoms with Gasteiger partial charge in [-0.25, -0.2) is 14.6 Å². The van der Waals surface area contributed by atoms with E-state index in [4.69, 9.17) is 4.42 Å². The van der Waals surface area contributed by atoms with Crippen molar-refractivity contribution in [1.29, 1.82) is 0 Å². The molecule has 4 rings (SSSR count). The predicted octanol–water partition coefficient (Wildman–Crippen LogP) is 3.72. The molecule has 2 heterocycles. The van der Waals surface area contributed by atoms with Gasteiger partial charge in [-0.15, -0.1) is 0 Å². The van der Waals surface area contributed by atoms with Crippen LogP contribution in [-0.4, -0.2) is 43.4 Å². The molecule has 0 saturated heterocycles. The number of thioether (sulfide) groups is 1. The zero-order chi connectivity index (χ0) is 19.5. The molecule has 0 aliphatic rings. The van der Waals surface area contributed by atoms with Crippen molar-refractivity contribution in [2.24, 2.45) is 0 Å². The fraction of sp³-hybridized carbons (Fsp3) is 0.200. The van der Waals surface area contributed by atoms with E-state index in [2.05, 4.69) is 15.1 Å². The van der Waals surface area contributed by atoms with E-state index < -0.39 is 0 Å². The largest absolute Gasteiger partial charge is 0.431 e. The number of hydrogen-bond acceptors (Lipinski definition) is 6. The van der Waals surface area contributed by atoms with Gasteiger partial charge in [-0.05, 0) is 36.8 Å². The summed E-state index contributed by atoms with van der Waals surface area (Å²) in [5.41, 5.74) is 3.50. The lowest BCUT2D eigenvalue weighted by Gasteiger charge is -2.25. The molecule has 0 spiro atoms. The third-order valence-electron chi connectivity index (χ3n) is 4.63. The molecule has 0 N–H and O–H groups in total. The van der Waals surface area contributed by atoms with Gasteiger partial charge in [-0.2, -0.15) is 5.10 Å². The molecule has 8 heteroatoms. The molecular weight excluding hydrogens is 374 g/mol. The van der Waals surface area contributed by atoms with Crippen LogP contribution in [0.4, 0.5) is 0 Å². The van der Waals surface area contributed by atoms with Crippen LogP contribution in [0, 0.1) is 0 Å². The Kier molecular flexibility index (Phi) is 5.12. The standard InChI is InChI=1S/C20H19N5O2S/c1-14(15-7-9-16(10-8-15)25-13-21-12-22-25)24(2)19(26)11-28-20-23-17-5-3-4-6-18(17)27-20/h3-10,12-14H,11H2,1-2H3/t14-/m0/s1. The van der Waals surface area contributed by atoms with Crippen LogP contribution in [0.5, 0.6) is 0 Å². The SMILES string of the molecule is C[C@@H](c1ccc(-n2cncn2)cc1)N(C)C(=O)CSc1nc2ccccc2o1. The molecule has 0 fully saturated rings. The molecule has 7 nitrogen and oxygen atoms in total. The van der Waals surface area contributed by atoms with Gasteiger partial charge < -0.3 is 9.32 Å². The second-order valence-corrected chi connectivity index (χ2v) is 7.27. The molecule has 0 saturated carbocycles. The summed E-state index contributed by atoms with van der Waals surface area (Å²) in [6.45, 7) is 2.01. The van der Waals surface area contributed by atoms with Crippen molar-refractivity contribution in [3.8, 4) is 5.69 Å². The van der Waals surface area contributed by atoms with E-state index in [1.54, 1.807) is 15.9 Å². The quantitative estimate of drug-likeness (QED) is 0.465. The summed E-state index contributed by atoms with van der Waals surface area (Å²) >= 11 is 1.31. The summed E-state index contributed by atoms with van der Waals surface area (Å²) in [6, 6.07) is 15.4. The summed E-state index contributed by atoms with van der Waals surface area (Å²) in [7, 11) is 1.81. The zero-order valence-electron chi connectivity index (χ0n) is 15.5. The number of rotatable bonds is 6. The number of para-hydroxylation sites is 2. The number of benzene rings is 2. The number of hydrogen-bond donors (Lipinski definition) is 0. The van der Waals surface area contributed by atoms with Gasteiger partial charge in [0, 0.05) is 7.05 Å². The van der Waals surface area contributed by atoms with E-state index in [0.29, 0.717) is 5.22 Å². The number of aromatic nitrogens is 4. The molecule has 0 aliphatic heterocycles. The number of carbonyl (C=O) groups is 1. The van der Waals surface area contributed by atoms with E-state index in [9.17, 15) is 4.79 Å². The highest BCUT2D eigenvalue weighted by Gasteiger charge is 2.19. The second-order valence-electron chi connectivity index (χ2n) is 6.35. The maximum atomic E-state index is 12.6. The van der Waals surface area contributed by atoms with Crippen molar-refractivity contribution in [1.82, 2.24) is 24.6 Å². The summed E-state index contributed by atoms with van der Waals surface area (Å²) in [6.07, 6.45) is 3.15. The Morgan fingerprint density at radius 1 is 1.21 bits per heavy atom. The molecule has 0 radical (unpaired) electrons. The van der Waals surface area contributed by atoms with Gasteiger partial charge >= 0.3 is 0 Å². The average Bonchev–Trinajstić information content (AvgIpc) is 3.40. The monoisotopic (exact) mass is 393 g/mol. The van der Waals surface area contributed by atoms with Crippen LogP contribution < -0.4 is 0 Å². The van der Waals surface area contributed by atoms with Gasteiger partial charge in [0.15, 0.2) is 5.58 Å². The molecule has 1 atom stereocenters. The Labute approximate surface area is 166 Å². The van der Waals surface area contributed by atoms with E-state index in [-0.39, 0.29) is 17.7 Å². The number of nitrogens with zero attached hydrogens (tertiary/aromatic N) is 5. The summed E-state index contributed by atoms with van der Waals surface area (Å²) in [5, 5.41) is 4.62.